The summed E-state index contributed by atoms with van der Waals surface area (Å²) in [5, 5.41) is -24.5. The molecular weight excluding hydrogens is 1480 g/mol. The number of rotatable bonds is 16. The summed E-state index contributed by atoms with van der Waals surface area (Å²) in [4.78, 5) is 0. The van der Waals surface area contributed by atoms with E-state index in [1.54, 1.807) is 0 Å². The minimum Gasteiger partial charge on any atom is -0.346 e. The highest BCUT2D eigenvalue weighted by Crippen LogP contribution is 2.43. The molecule has 10 rings (SSSR count). The predicted octanol–water partition coefficient (Wildman–Crippen LogP) is 19.4. The number of benzene rings is 10. The molecule has 0 saturated heterocycles. The number of nitrogens with two attached hydrogens (primary N) is 1. The first-order valence-electron chi connectivity index (χ1n) is 29.7. The van der Waals surface area contributed by atoms with E-state index in [1.165, 1.54) is 70.2 Å². The molecule has 0 spiro atoms. The zero-order chi connectivity index (χ0) is 77.3. The smallest absolute Gasteiger partial charge is 0.200 e. The largest absolute Gasteiger partial charge is 0.346 e. The van der Waals surface area contributed by atoms with Crippen molar-refractivity contribution in [3.05, 3.63) is 222 Å². The molecule has 0 aliphatic carbocycles. The molecule has 0 aromatic heterocycles. The molecule has 2 atom stereocenters. The molecule has 103 heavy (non-hydrogen) atoms. The van der Waals surface area contributed by atoms with Crippen LogP contribution >= 0.6 is 0 Å². The van der Waals surface area contributed by atoms with Gasteiger partial charge in [-0.05, 0) is 46.4 Å². The van der Waals surface area contributed by atoms with Crippen molar-refractivity contribution in [2.75, 3.05) is 13.1 Å². The van der Waals surface area contributed by atoms with Crippen LogP contribution in [0.25, 0.3) is 54.2 Å². The Morgan fingerprint density at radius 1 is 0.282 bits per heavy atom. The second kappa shape index (κ2) is 30.3. The highest BCUT2D eigenvalue weighted by atomic mass is 19.2. The highest BCUT2D eigenvalue weighted by molar-refractivity contribution is 7.23. The average Bonchev–Trinajstić information content (AvgIpc) is 0.661. The molecule has 2 unspecified atom stereocenters. The van der Waals surface area contributed by atoms with Gasteiger partial charge in [0.05, 0.1) is 40.2 Å². The first kappa shape index (κ1) is 79.6. The maximum absolute atomic E-state index is 17.3. The normalized spacial score (nSPS) is 12.5. The van der Waals surface area contributed by atoms with E-state index in [1.807, 2.05) is 0 Å². The van der Waals surface area contributed by atoms with Crippen LogP contribution in [0.4, 0.5) is 149 Å². The molecule has 552 valence electrons. The number of halogens is 34. The highest BCUT2D eigenvalue weighted by Gasteiger charge is 2.52. The Morgan fingerprint density at radius 2 is 0.534 bits per heavy atom. The summed E-state index contributed by atoms with van der Waals surface area (Å²) >= 11 is 0. The lowest BCUT2D eigenvalue weighted by Crippen LogP contribution is -2.85. The molecule has 0 radical (unpaired) electrons. The molecule has 0 aliphatic rings. The fourth-order valence-electron chi connectivity index (χ4n) is 12.5. The summed E-state index contributed by atoms with van der Waals surface area (Å²) in [6.45, 7) is 12.0. The summed E-state index contributed by atoms with van der Waals surface area (Å²) in [5.74, 6) is -114. The van der Waals surface area contributed by atoms with Crippen LogP contribution in [0.3, 0.4) is 0 Å². The van der Waals surface area contributed by atoms with E-state index in [9.17, 15) is 43.9 Å². The Labute approximate surface area is 555 Å². The molecule has 0 bridgehead atoms. The summed E-state index contributed by atoms with van der Waals surface area (Å²) in [6, 6.07) is 4.22. The van der Waals surface area contributed by atoms with Crippen molar-refractivity contribution in [3.8, 4) is 11.1 Å². The van der Waals surface area contributed by atoms with E-state index in [-0.39, 0.29) is 0 Å². The molecular formula is C67H38BF34N. The fourth-order valence-corrected chi connectivity index (χ4v) is 12.5. The topological polar surface area (TPSA) is 16.6 Å². The van der Waals surface area contributed by atoms with Crippen LogP contribution in [0.2, 0.25) is 0 Å². The Kier molecular flexibility index (Phi) is 23.4. The van der Waals surface area contributed by atoms with E-state index in [4.69, 9.17) is 0 Å². The Hall–Kier alpha value is -9.12. The fraction of sp³-hybridized carbons (Fsp3) is 0.224. The molecule has 10 aromatic carbocycles. The molecule has 0 saturated carbocycles. The number of fused-ring (bicyclic) bond motifs is 4. The molecule has 1 nitrogen and oxygen atoms in total. The van der Waals surface area contributed by atoms with Crippen molar-refractivity contribution in [2.24, 2.45) is 11.8 Å². The SMILES string of the molecule is CCCCC(CC)CC[NH2+]CC(C)CCC.Fc1c(F)c(F)c2c([B-](c3c(F)c(F)c(F)c4c(F)c(F)c(F)c(F)c34)(c3c(F)c(F)c(F)c4c(F)c(F)c(F)c(F)c34)c3c(F)c(F)c(F)c4c(F)c(F)c(F)c(F)c34)c(F)c(F)c(F)c2c1F.Fc1ccccc1-c1c(F)c(F)c(F)c(F)c1F. The first-order valence-corrected chi connectivity index (χ1v) is 29.7. The van der Waals surface area contributed by atoms with Crippen LogP contribution in [0.5, 0.6) is 0 Å². The van der Waals surface area contributed by atoms with Crippen LogP contribution in [0.1, 0.15) is 72.6 Å². The van der Waals surface area contributed by atoms with Crippen LogP contribution in [0, 0.1) is 210 Å². The molecule has 36 heteroatoms. The van der Waals surface area contributed by atoms with Crippen molar-refractivity contribution < 1.29 is 155 Å². The lowest BCUT2D eigenvalue weighted by Gasteiger charge is -2.47. The lowest BCUT2D eigenvalue weighted by atomic mass is 9.11. The molecule has 0 amide bonds. The van der Waals surface area contributed by atoms with Crippen molar-refractivity contribution in [1.82, 2.24) is 0 Å². The molecule has 10 aromatic rings. The van der Waals surface area contributed by atoms with Gasteiger partial charge in [0.25, 0.3) is 0 Å². The van der Waals surface area contributed by atoms with Crippen LogP contribution in [-0.2, 0) is 0 Å². The van der Waals surface area contributed by atoms with Crippen molar-refractivity contribution in [1.29, 1.82) is 0 Å². The second-order valence-corrected chi connectivity index (χ2v) is 23.1. The minimum absolute atomic E-state index is 0.690. The maximum atomic E-state index is 17.3. The van der Waals surface area contributed by atoms with Gasteiger partial charge in [-0.2, -0.15) is 0 Å². The minimum atomic E-state index is -8.05. The standard InChI is InChI=1S/C40BF28.C15H33N.C12H4F6/c42-13-1-5(21(50)37(66)33(13)62)17(46)29(58)25(54)9(1)41(10-2-6(18(47)30(59)26(10)55)22(51)38(67)34(63)14(2)43,11-3-7(19(48)31(60)27(11)56)23(52)39(68)35(64)15(3)44)12-4-8(20(49)32(61)28(12)57)24(53)40(69)36(65)16(4)45;1-5-8-10-15(7-3)11-12-16-13-14(4)9-6-2;13-6-4-2-1-3-5(6)7-8(14)10(16)12(18)11(17)9(7)15/h;14-16H,5-13H2,1-4H3;1-4H/q-1;;/p+1. The monoisotopic (exact) mass is 1510 g/mol. The second-order valence-electron chi connectivity index (χ2n) is 23.1. The zero-order valence-corrected chi connectivity index (χ0v) is 51.8. The number of hydrogen-bond acceptors (Lipinski definition) is 0. The van der Waals surface area contributed by atoms with Gasteiger partial charge in [-0.25, -0.2) is 149 Å². The molecule has 0 heterocycles. The Bertz CT molecular complexity index is 4580. The Balaban J connectivity index is 0.000000322. The van der Waals surface area contributed by atoms with Gasteiger partial charge >= 0.3 is 0 Å². The number of hydrogen-bond donors (Lipinski definition) is 1. The van der Waals surface area contributed by atoms with E-state index in [0.717, 1.165) is 24.0 Å². The number of unbranched alkanes of at least 4 members (excludes halogenated alkanes) is 1. The van der Waals surface area contributed by atoms with Crippen molar-refractivity contribution in [3.63, 3.8) is 0 Å². The zero-order valence-electron chi connectivity index (χ0n) is 51.8. The number of quaternary nitrogens is 1. The van der Waals surface area contributed by atoms with Crippen LogP contribution in [0.15, 0.2) is 24.3 Å². The third kappa shape index (κ3) is 12.7. The van der Waals surface area contributed by atoms with Gasteiger partial charge in [0.15, 0.2) is 163 Å². The van der Waals surface area contributed by atoms with E-state index in [2.05, 4.69) is 33.0 Å². The lowest BCUT2D eigenvalue weighted by molar-refractivity contribution is -0.661. The third-order valence-electron chi connectivity index (χ3n) is 17.3. The van der Waals surface area contributed by atoms with Gasteiger partial charge in [-0.1, -0.05) is 78.0 Å². The predicted molar refractivity (Wildman–Crippen MR) is 304 cm³/mol. The van der Waals surface area contributed by atoms with Gasteiger partial charge in [-0.15, -0.1) is 21.9 Å². The Morgan fingerprint density at radius 3 is 0.796 bits per heavy atom. The van der Waals surface area contributed by atoms with Crippen LogP contribution < -0.4 is 27.2 Å². The summed E-state index contributed by atoms with van der Waals surface area (Å²) in [5.41, 5.74) is -17.5. The quantitative estimate of drug-likeness (QED) is 0.0326. The molecule has 2 N–H and O–H groups in total. The van der Waals surface area contributed by atoms with Crippen molar-refractivity contribution in [2.45, 2.75) is 72.6 Å². The van der Waals surface area contributed by atoms with E-state index in [0.29, 0.717) is 0 Å². The molecule has 0 aliphatic heterocycles. The van der Waals surface area contributed by atoms with Gasteiger partial charge < -0.3 is 5.32 Å². The van der Waals surface area contributed by atoms with Gasteiger partial charge in [0.2, 0.25) is 5.82 Å². The van der Waals surface area contributed by atoms with Crippen molar-refractivity contribution >= 4 is 71.1 Å². The average molecular weight is 1510 g/mol. The van der Waals surface area contributed by atoms with Crippen LogP contribution in [-0.4, -0.2) is 19.2 Å². The first-order chi connectivity index (χ1) is 48.2. The summed E-state index contributed by atoms with van der Waals surface area (Å²) in [6.07, 6.45) is 1.71. The summed E-state index contributed by atoms with van der Waals surface area (Å²) < 4.78 is 525. The third-order valence-corrected chi connectivity index (χ3v) is 17.3. The molecule has 0 fully saturated rings. The van der Waals surface area contributed by atoms with E-state index >= 15 is 105 Å². The van der Waals surface area contributed by atoms with Gasteiger partial charge in [0.1, 0.15) is 35.2 Å². The van der Waals surface area contributed by atoms with Gasteiger partial charge in [-0.3, -0.25) is 0 Å². The maximum Gasteiger partial charge on any atom is 0.200 e. The van der Waals surface area contributed by atoms with Gasteiger partial charge in [0, 0.05) is 11.5 Å². The van der Waals surface area contributed by atoms with E-state index < -0.39 is 280 Å². The summed E-state index contributed by atoms with van der Waals surface area (Å²) in [7, 11) is 0.